The molecule has 1 aliphatic heterocycles. The number of halogens is 1. The highest BCUT2D eigenvalue weighted by atomic mass is 35.5. The minimum atomic E-state index is -1.08. The minimum Gasteiger partial charge on any atom is -0.394 e. The Balaban J connectivity index is 0.000000914. The Kier molecular flexibility index (Phi) is 10.8. The molecule has 5 heteroatoms. The zero-order valence-electron chi connectivity index (χ0n) is 20.2. The standard InChI is InChI=1S/C24H25ClO4.2C2H6/c1-14(18-9-15-5-3-2-4-6-16(15)10-18)19-11-17(7-8-20(19)25)22-12-21(27)24(28)23(13-26)29-22;2*1-2/h2-11,14,21-24,26-28H,12-13H2,1H3;2*1-2H3/t14?,21?,22-,23?,24+;;/m1../s1. The van der Waals surface area contributed by atoms with Crippen molar-refractivity contribution in [2.24, 2.45) is 0 Å². The zero-order valence-corrected chi connectivity index (χ0v) is 21.0. The summed E-state index contributed by atoms with van der Waals surface area (Å²) in [6, 6.07) is 20.4. The first-order chi connectivity index (χ1) is 16.0. The fraction of sp³-hybridized carbons (Fsp3) is 0.429. The predicted octanol–water partition coefficient (Wildman–Crippen LogP) is 6.19. The van der Waals surface area contributed by atoms with E-state index in [1.54, 1.807) is 0 Å². The molecular formula is C28H37ClO4. The van der Waals surface area contributed by atoms with Crippen LogP contribution in [-0.4, -0.2) is 40.2 Å². The third-order valence-electron chi connectivity index (χ3n) is 5.86. The van der Waals surface area contributed by atoms with E-state index in [9.17, 15) is 15.3 Å². The van der Waals surface area contributed by atoms with Gasteiger partial charge in [-0.05, 0) is 33.9 Å². The van der Waals surface area contributed by atoms with E-state index in [0.29, 0.717) is 5.02 Å². The number of aliphatic hydroxyl groups is 3. The van der Waals surface area contributed by atoms with Crippen molar-refractivity contribution in [3.05, 3.63) is 82.4 Å². The fourth-order valence-corrected chi connectivity index (χ4v) is 4.36. The Morgan fingerprint density at radius 1 is 0.939 bits per heavy atom. The van der Waals surface area contributed by atoms with E-state index in [-0.39, 0.29) is 18.9 Å². The van der Waals surface area contributed by atoms with Crippen LogP contribution in [0.5, 0.6) is 0 Å². The van der Waals surface area contributed by atoms with Gasteiger partial charge in [0.15, 0.2) is 0 Å². The summed E-state index contributed by atoms with van der Waals surface area (Å²) in [4.78, 5) is 0. The molecule has 1 heterocycles. The molecule has 0 bridgehead atoms. The van der Waals surface area contributed by atoms with Gasteiger partial charge in [0.1, 0.15) is 12.2 Å². The maximum absolute atomic E-state index is 10.2. The molecular weight excluding hydrogens is 436 g/mol. The first-order valence-electron chi connectivity index (χ1n) is 11.9. The second-order valence-corrected chi connectivity index (χ2v) is 8.16. The summed E-state index contributed by atoms with van der Waals surface area (Å²) in [6.45, 7) is 9.78. The fourth-order valence-electron chi connectivity index (χ4n) is 4.08. The molecule has 3 aliphatic rings. The average molecular weight is 473 g/mol. The summed E-state index contributed by atoms with van der Waals surface area (Å²) in [5, 5.41) is 30.2. The summed E-state index contributed by atoms with van der Waals surface area (Å²) < 4.78 is 5.84. The smallest absolute Gasteiger partial charge is 0.110 e. The molecule has 0 aromatic heterocycles. The summed E-state index contributed by atoms with van der Waals surface area (Å²) >= 11 is 6.54. The van der Waals surface area contributed by atoms with E-state index < -0.39 is 24.4 Å². The van der Waals surface area contributed by atoms with Crippen LogP contribution in [0, 0.1) is 0 Å². The SMILES string of the molecule is CC.CC.CC(c1cc2cccccc-2c1)c1cc([C@H]2CC(O)[C@H](O)C(CO)O2)ccc1Cl. The van der Waals surface area contributed by atoms with Gasteiger partial charge in [-0.2, -0.15) is 0 Å². The van der Waals surface area contributed by atoms with Crippen molar-refractivity contribution in [3.8, 4) is 11.1 Å². The van der Waals surface area contributed by atoms with Gasteiger partial charge in [0.25, 0.3) is 0 Å². The van der Waals surface area contributed by atoms with E-state index in [4.69, 9.17) is 16.3 Å². The molecule has 0 radical (unpaired) electrons. The summed E-state index contributed by atoms with van der Waals surface area (Å²) in [5.41, 5.74) is 5.40. The van der Waals surface area contributed by atoms with Gasteiger partial charge < -0.3 is 20.1 Å². The number of benzene rings is 1. The highest BCUT2D eigenvalue weighted by Gasteiger charge is 2.37. The number of hydrogen-bond donors (Lipinski definition) is 3. The molecule has 5 atom stereocenters. The molecule has 180 valence electrons. The first-order valence-corrected chi connectivity index (χ1v) is 12.3. The molecule has 33 heavy (non-hydrogen) atoms. The quantitative estimate of drug-likeness (QED) is 0.423. The van der Waals surface area contributed by atoms with Crippen molar-refractivity contribution in [2.75, 3.05) is 6.61 Å². The van der Waals surface area contributed by atoms with Gasteiger partial charge in [-0.25, -0.2) is 0 Å². The van der Waals surface area contributed by atoms with E-state index >= 15 is 0 Å². The zero-order chi connectivity index (χ0) is 24.5. The van der Waals surface area contributed by atoms with Gasteiger partial charge in [0.2, 0.25) is 0 Å². The van der Waals surface area contributed by atoms with E-state index in [0.717, 1.165) is 11.1 Å². The molecule has 0 spiro atoms. The van der Waals surface area contributed by atoms with Gasteiger partial charge in [-0.1, -0.05) is 101 Å². The van der Waals surface area contributed by atoms with Crippen LogP contribution in [-0.2, 0) is 4.74 Å². The minimum absolute atomic E-state index is 0.0768. The van der Waals surface area contributed by atoms with Crippen molar-refractivity contribution in [1.82, 2.24) is 0 Å². The van der Waals surface area contributed by atoms with Gasteiger partial charge in [0, 0.05) is 17.4 Å². The number of ether oxygens (including phenoxy) is 1. The van der Waals surface area contributed by atoms with Gasteiger partial charge in [-0.15, -0.1) is 0 Å². The van der Waals surface area contributed by atoms with E-state index in [1.807, 2.05) is 64.1 Å². The molecule has 1 fully saturated rings. The van der Waals surface area contributed by atoms with Crippen LogP contribution in [0.2, 0.25) is 5.02 Å². The molecule has 3 N–H and O–H groups in total. The highest BCUT2D eigenvalue weighted by molar-refractivity contribution is 6.31. The third kappa shape index (κ3) is 6.34. The van der Waals surface area contributed by atoms with Crippen molar-refractivity contribution in [1.29, 1.82) is 0 Å². The van der Waals surface area contributed by atoms with Gasteiger partial charge in [0.05, 0.1) is 18.8 Å². The lowest BCUT2D eigenvalue weighted by Gasteiger charge is -2.36. The number of fused-ring (bicyclic) bond motifs is 1. The lowest BCUT2D eigenvalue weighted by molar-refractivity contribution is -0.181. The van der Waals surface area contributed by atoms with Crippen LogP contribution in [0.4, 0.5) is 0 Å². The number of hydrogen-bond acceptors (Lipinski definition) is 4. The monoisotopic (exact) mass is 472 g/mol. The Hall–Kier alpha value is -1.95. The van der Waals surface area contributed by atoms with Crippen molar-refractivity contribution < 1.29 is 20.1 Å². The summed E-state index contributed by atoms with van der Waals surface area (Å²) in [6.07, 6.45) is -2.97. The maximum atomic E-state index is 10.2. The van der Waals surface area contributed by atoms with Crippen LogP contribution in [0.3, 0.4) is 0 Å². The van der Waals surface area contributed by atoms with Gasteiger partial charge >= 0.3 is 0 Å². The lowest BCUT2D eigenvalue weighted by Crippen LogP contribution is -2.47. The van der Waals surface area contributed by atoms with Crippen LogP contribution in [0.25, 0.3) is 11.1 Å². The van der Waals surface area contributed by atoms with Crippen molar-refractivity contribution >= 4 is 11.6 Å². The maximum Gasteiger partial charge on any atom is 0.110 e. The molecule has 3 unspecified atom stereocenters. The topological polar surface area (TPSA) is 69.9 Å². The molecule has 1 saturated heterocycles. The molecule has 1 aromatic rings. The molecule has 1 aromatic carbocycles. The predicted molar refractivity (Wildman–Crippen MR) is 136 cm³/mol. The second kappa shape index (κ2) is 13.1. The summed E-state index contributed by atoms with van der Waals surface area (Å²) in [7, 11) is 0. The molecule has 2 aliphatic carbocycles. The largest absolute Gasteiger partial charge is 0.394 e. The average Bonchev–Trinajstić information content (AvgIpc) is 3.13. The van der Waals surface area contributed by atoms with Gasteiger partial charge in [-0.3, -0.25) is 0 Å². The Morgan fingerprint density at radius 3 is 2.12 bits per heavy atom. The Labute approximate surface area is 203 Å². The lowest BCUT2D eigenvalue weighted by atomic mass is 9.89. The Morgan fingerprint density at radius 2 is 1.55 bits per heavy atom. The Bertz CT molecular complexity index is 929. The third-order valence-corrected chi connectivity index (χ3v) is 6.20. The highest BCUT2D eigenvalue weighted by Crippen LogP contribution is 2.39. The van der Waals surface area contributed by atoms with Crippen LogP contribution in [0.15, 0.2) is 60.7 Å². The number of rotatable bonds is 4. The normalized spacial score (nSPS) is 23.1. The molecule has 0 amide bonds. The first kappa shape index (κ1) is 27.3. The number of aliphatic hydroxyl groups excluding tert-OH is 3. The van der Waals surface area contributed by atoms with Crippen LogP contribution in [0.1, 0.15) is 69.8 Å². The molecule has 4 nitrogen and oxygen atoms in total. The van der Waals surface area contributed by atoms with E-state index in [2.05, 4.69) is 31.2 Å². The summed E-state index contributed by atoms with van der Waals surface area (Å²) in [5.74, 6) is 0.0768. The molecule has 4 rings (SSSR count). The van der Waals surface area contributed by atoms with Crippen molar-refractivity contribution in [3.63, 3.8) is 0 Å². The van der Waals surface area contributed by atoms with Crippen LogP contribution >= 0.6 is 11.6 Å². The second-order valence-electron chi connectivity index (χ2n) is 7.75. The van der Waals surface area contributed by atoms with E-state index in [1.165, 1.54) is 16.7 Å². The van der Waals surface area contributed by atoms with Crippen LogP contribution < -0.4 is 0 Å². The van der Waals surface area contributed by atoms with Crippen molar-refractivity contribution in [2.45, 2.75) is 71.4 Å². The molecule has 0 saturated carbocycles.